The summed E-state index contributed by atoms with van der Waals surface area (Å²) in [4.78, 5) is 69.8. The third-order valence-electron chi connectivity index (χ3n) is 9.97. The summed E-state index contributed by atoms with van der Waals surface area (Å²) in [6, 6.07) is 19.9. The van der Waals surface area contributed by atoms with E-state index in [0.717, 1.165) is 16.7 Å². The Morgan fingerprint density at radius 3 is 1.89 bits per heavy atom. The van der Waals surface area contributed by atoms with Crippen molar-refractivity contribution in [1.29, 1.82) is 0 Å². The number of carbonyl (C=O) groups excluding carboxylic acids is 5. The summed E-state index contributed by atoms with van der Waals surface area (Å²) >= 11 is 12.1. The number of hydrogen-bond donors (Lipinski definition) is 6. The topological polar surface area (TPSA) is 189 Å². The second-order valence-electron chi connectivity index (χ2n) is 15.2. The van der Waals surface area contributed by atoms with Gasteiger partial charge in [0.15, 0.2) is 0 Å². The zero-order chi connectivity index (χ0) is 41.3. The van der Waals surface area contributed by atoms with Crippen LogP contribution in [0, 0.1) is 5.92 Å². The van der Waals surface area contributed by atoms with Crippen LogP contribution in [0.2, 0.25) is 10.0 Å². The lowest BCUT2D eigenvalue weighted by atomic mass is 9.99. The molecule has 12 nitrogen and oxygen atoms in total. The number of benzene rings is 3. The lowest BCUT2D eigenvalue weighted by Crippen LogP contribution is -2.59. The maximum Gasteiger partial charge on any atom is 0.245 e. The summed E-state index contributed by atoms with van der Waals surface area (Å²) in [5.41, 5.74) is 14.5. The second kappa shape index (κ2) is 23.0. The number of nitrogens with two attached hydrogens (primary N) is 2. The van der Waals surface area contributed by atoms with Gasteiger partial charge < -0.3 is 37.6 Å². The highest BCUT2D eigenvalue weighted by molar-refractivity contribution is 6.42. The molecule has 0 spiro atoms. The molecule has 5 amide bonds. The highest BCUT2D eigenvalue weighted by Gasteiger charge is 2.33. The summed E-state index contributed by atoms with van der Waals surface area (Å²) in [6.45, 7) is 5.13. The fourth-order valence-corrected chi connectivity index (χ4v) is 7.20. The van der Waals surface area contributed by atoms with E-state index in [9.17, 15) is 24.0 Å². The van der Waals surface area contributed by atoms with E-state index < -0.39 is 41.9 Å². The van der Waals surface area contributed by atoms with Gasteiger partial charge in [-0.2, -0.15) is 0 Å². The Morgan fingerprint density at radius 1 is 0.719 bits per heavy atom. The minimum Gasteiger partial charge on any atom is -0.353 e. The van der Waals surface area contributed by atoms with Crippen LogP contribution in [0.15, 0.2) is 78.9 Å². The number of halogens is 2. The van der Waals surface area contributed by atoms with Crippen molar-refractivity contribution in [2.45, 2.75) is 102 Å². The van der Waals surface area contributed by atoms with Gasteiger partial charge in [0.05, 0.1) is 22.5 Å². The zero-order valence-corrected chi connectivity index (χ0v) is 34.4. The Labute approximate surface area is 346 Å². The van der Waals surface area contributed by atoms with Crippen molar-refractivity contribution < 1.29 is 24.0 Å². The molecule has 1 aliphatic rings. The maximum absolute atomic E-state index is 14.0. The molecule has 308 valence electrons. The summed E-state index contributed by atoms with van der Waals surface area (Å²) in [7, 11) is 0. The zero-order valence-electron chi connectivity index (χ0n) is 32.9. The highest BCUT2D eigenvalue weighted by atomic mass is 35.5. The predicted octanol–water partition coefficient (Wildman–Crippen LogP) is 4.09. The van der Waals surface area contributed by atoms with Crippen molar-refractivity contribution >= 4 is 52.7 Å². The van der Waals surface area contributed by atoms with Crippen LogP contribution in [0.25, 0.3) is 0 Å². The number of unbranched alkanes of at least 4 members (excludes halogenated alkanes) is 1. The van der Waals surface area contributed by atoms with Gasteiger partial charge in [0.2, 0.25) is 29.5 Å². The van der Waals surface area contributed by atoms with Gasteiger partial charge in [-0.25, -0.2) is 0 Å². The number of piperidine rings is 1. The molecule has 14 heteroatoms. The minimum atomic E-state index is -1.02. The normalized spacial score (nSPS) is 15.2. The Bertz CT molecular complexity index is 1770. The molecule has 3 aromatic rings. The van der Waals surface area contributed by atoms with Crippen LogP contribution in [0.4, 0.5) is 0 Å². The van der Waals surface area contributed by atoms with Crippen LogP contribution in [-0.2, 0) is 43.2 Å². The lowest BCUT2D eigenvalue weighted by Gasteiger charge is -2.35. The van der Waals surface area contributed by atoms with Crippen molar-refractivity contribution in [2.75, 3.05) is 19.6 Å². The minimum absolute atomic E-state index is 0.0137. The molecule has 0 unspecified atom stereocenters. The number of amides is 5. The van der Waals surface area contributed by atoms with Crippen molar-refractivity contribution in [2.24, 2.45) is 17.4 Å². The summed E-state index contributed by atoms with van der Waals surface area (Å²) in [5.74, 6) is -1.87. The average Bonchev–Trinajstić information content (AvgIpc) is 3.19. The lowest BCUT2D eigenvalue weighted by molar-refractivity contribution is -0.139. The molecular weight excluding hydrogens is 765 g/mol. The summed E-state index contributed by atoms with van der Waals surface area (Å²) in [6.07, 6.45) is 3.69. The van der Waals surface area contributed by atoms with Gasteiger partial charge in [0.1, 0.15) is 18.1 Å². The monoisotopic (exact) mass is 821 g/mol. The van der Waals surface area contributed by atoms with Gasteiger partial charge in [-0.1, -0.05) is 104 Å². The number of rotatable bonds is 20. The van der Waals surface area contributed by atoms with E-state index >= 15 is 0 Å². The van der Waals surface area contributed by atoms with E-state index in [4.69, 9.17) is 34.7 Å². The molecule has 1 aliphatic heterocycles. The fourth-order valence-electron chi connectivity index (χ4n) is 6.87. The third kappa shape index (κ3) is 15.1. The van der Waals surface area contributed by atoms with Crippen molar-refractivity contribution in [1.82, 2.24) is 26.2 Å². The van der Waals surface area contributed by atoms with E-state index in [1.807, 2.05) is 74.5 Å². The van der Waals surface area contributed by atoms with Gasteiger partial charge >= 0.3 is 0 Å². The van der Waals surface area contributed by atoms with Crippen molar-refractivity contribution in [3.05, 3.63) is 106 Å². The molecular formula is C43H57Cl2N7O5. The Balaban J connectivity index is 1.41. The van der Waals surface area contributed by atoms with Crippen LogP contribution in [0.3, 0.4) is 0 Å². The molecule has 8 N–H and O–H groups in total. The summed E-state index contributed by atoms with van der Waals surface area (Å²) < 4.78 is 0. The number of nitrogens with zero attached hydrogens (tertiary/aromatic N) is 1. The SMILES string of the molecule is CC(C)C[C@@H](NC(=O)[C@@H](Cc1ccccc1)NC(=O)[C@H](N)Cc1ccccc1)C(=O)N[C@H](CCCCN)C(=O)N1CCC(NC(=O)Cc2ccc(Cl)c(Cl)c2)CC1. The molecule has 4 atom stereocenters. The largest absolute Gasteiger partial charge is 0.353 e. The first-order valence-corrected chi connectivity index (χ1v) is 20.5. The van der Waals surface area contributed by atoms with E-state index in [-0.39, 0.29) is 43.0 Å². The number of carbonyl (C=O) groups is 5. The molecule has 4 rings (SSSR count). The van der Waals surface area contributed by atoms with Crippen LogP contribution >= 0.6 is 23.2 Å². The van der Waals surface area contributed by atoms with E-state index in [0.29, 0.717) is 68.2 Å². The summed E-state index contributed by atoms with van der Waals surface area (Å²) in [5, 5.41) is 12.5. The van der Waals surface area contributed by atoms with Crippen LogP contribution < -0.4 is 32.7 Å². The Hall–Kier alpha value is -4.49. The first kappa shape index (κ1) is 45.2. The number of nitrogens with one attached hydrogen (secondary N) is 4. The van der Waals surface area contributed by atoms with Gasteiger partial charge in [-0.3, -0.25) is 24.0 Å². The van der Waals surface area contributed by atoms with Crippen LogP contribution in [0.1, 0.15) is 69.1 Å². The van der Waals surface area contributed by atoms with Crippen molar-refractivity contribution in [3.63, 3.8) is 0 Å². The van der Waals surface area contributed by atoms with Gasteiger partial charge in [0.25, 0.3) is 0 Å². The smallest absolute Gasteiger partial charge is 0.245 e. The molecule has 3 aromatic carbocycles. The van der Waals surface area contributed by atoms with Crippen LogP contribution in [0.5, 0.6) is 0 Å². The first-order valence-electron chi connectivity index (χ1n) is 19.8. The fraction of sp³-hybridized carbons (Fsp3) is 0.465. The van der Waals surface area contributed by atoms with E-state index in [1.165, 1.54) is 0 Å². The Kier molecular flexibility index (Phi) is 18.3. The quantitative estimate of drug-likeness (QED) is 0.0927. The molecule has 0 radical (unpaired) electrons. The first-order chi connectivity index (χ1) is 27.3. The maximum atomic E-state index is 14.0. The molecule has 0 saturated carbocycles. The van der Waals surface area contributed by atoms with Crippen molar-refractivity contribution in [3.8, 4) is 0 Å². The number of hydrogen-bond acceptors (Lipinski definition) is 7. The highest BCUT2D eigenvalue weighted by Crippen LogP contribution is 2.23. The average molecular weight is 823 g/mol. The third-order valence-corrected chi connectivity index (χ3v) is 10.7. The molecule has 1 fully saturated rings. The Morgan fingerprint density at radius 2 is 1.30 bits per heavy atom. The predicted molar refractivity (Wildman–Crippen MR) is 224 cm³/mol. The van der Waals surface area contributed by atoms with Gasteiger partial charge in [-0.15, -0.1) is 0 Å². The van der Waals surface area contributed by atoms with Crippen LogP contribution in [-0.4, -0.2) is 84.3 Å². The molecule has 1 saturated heterocycles. The second-order valence-corrected chi connectivity index (χ2v) is 16.0. The van der Waals surface area contributed by atoms with E-state index in [2.05, 4.69) is 21.3 Å². The standard InChI is InChI=1S/C43H57Cl2N7O5/c1-28(2)23-37(51-42(56)38(26-30-13-7-4-8-14-30)50-40(54)35(47)25-29-11-5-3-6-12-29)41(55)49-36(15-9-10-20-46)43(57)52-21-18-32(19-22-52)48-39(53)27-31-16-17-33(44)34(45)24-31/h3-8,11-14,16-17,24,28,32,35-38H,9-10,15,18-23,25-27,46-47H2,1-2H3,(H,48,53)(H,49,55)(H,50,54)(H,51,56)/t35-,36-,37-,38-/m1/s1. The van der Waals surface area contributed by atoms with E-state index in [1.54, 1.807) is 23.1 Å². The number of likely N-dealkylation sites (tertiary alicyclic amines) is 1. The molecule has 0 bridgehead atoms. The van der Waals surface area contributed by atoms with Gasteiger partial charge in [0, 0.05) is 25.6 Å². The van der Waals surface area contributed by atoms with Gasteiger partial charge in [-0.05, 0) is 86.2 Å². The molecule has 1 heterocycles. The molecule has 0 aliphatic carbocycles. The molecule has 57 heavy (non-hydrogen) atoms. The molecule has 0 aromatic heterocycles.